The van der Waals surface area contributed by atoms with Crippen molar-refractivity contribution in [2.75, 3.05) is 6.54 Å². The predicted octanol–water partition coefficient (Wildman–Crippen LogP) is 2.38. The van der Waals surface area contributed by atoms with E-state index in [0.29, 0.717) is 6.42 Å². The summed E-state index contributed by atoms with van der Waals surface area (Å²) in [6, 6.07) is -0.486. The van der Waals surface area contributed by atoms with E-state index in [1.165, 1.54) is 0 Å². The Bertz CT molecular complexity index is 302. The third-order valence-electron chi connectivity index (χ3n) is 2.98. The average molecular weight is 266 g/mol. The van der Waals surface area contributed by atoms with Gasteiger partial charge in [0.1, 0.15) is 6.54 Å². The van der Waals surface area contributed by atoms with Gasteiger partial charge in [-0.05, 0) is 18.3 Å². The maximum Gasteiger partial charge on any atom is 0.406 e. The lowest BCUT2D eigenvalue weighted by Crippen LogP contribution is -2.45. The summed E-state index contributed by atoms with van der Waals surface area (Å²) in [7, 11) is 0. The summed E-state index contributed by atoms with van der Waals surface area (Å²) in [6.07, 6.45) is -4.31. The molecule has 1 N–H and O–H groups in total. The van der Waals surface area contributed by atoms with Crippen LogP contribution in [0.15, 0.2) is 0 Å². The Morgan fingerprint density at radius 2 is 1.83 bits per heavy atom. The molecule has 0 aromatic rings. The number of amides is 1. The molecular formula is C12H21F3N2O. The Balaban J connectivity index is 2.81. The molecule has 0 bridgehead atoms. The molecule has 1 rings (SSSR count). The number of carbonyl (C=O) groups excluding carboxylic acids is 1. The van der Waals surface area contributed by atoms with E-state index in [-0.39, 0.29) is 11.8 Å². The van der Waals surface area contributed by atoms with Crippen LogP contribution in [0, 0.1) is 11.8 Å². The molecule has 1 saturated heterocycles. The molecule has 106 valence electrons. The van der Waals surface area contributed by atoms with Gasteiger partial charge in [-0.3, -0.25) is 10.1 Å². The highest BCUT2D eigenvalue weighted by Gasteiger charge is 2.45. The van der Waals surface area contributed by atoms with E-state index in [0.717, 1.165) is 4.90 Å². The van der Waals surface area contributed by atoms with Crippen LogP contribution >= 0.6 is 0 Å². The molecular weight excluding hydrogens is 245 g/mol. The molecule has 0 saturated carbocycles. The zero-order valence-corrected chi connectivity index (χ0v) is 11.2. The Labute approximate surface area is 106 Å². The number of alkyl halides is 3. The first-order valence-electron chi connectivity index (χ1n) is 6.25. The Morgan fingerprint density at radius 1 is 1.28 bits per heavy atom. The second-order valence-electron chi connectivity index (χ2n) is 5.62. The summed E-state index contributed by atoms with van der Waals surface area (Å²) < 4.78 is 37.5. The van der Waals surface area contributed by atoms with Gasteiger partial charge in [0.25, 0.3) is 0 Å². The van der Waals surface area contributed by atoms with Crippen LogP contribution in [-0.4, -0.2) is 35.7 Å². The molecule has 1 amide bonds. The molecule has 0 aromatic heterocycles. The number of nitrogens with zero attached hydrogens (tertiary/aromatic N) is 1. The lowest BCUT2D eigenvalue weighted by Gasteiger charge is -2.27. The Morgan fingerprint density at radius 3 is 2.22 bits per heavy atom. The van der Waals surface area contributed by atoms with Gasteiger partial charge in [0, 0.05) is 0 Å². The van der Waals surface area contributed by atoms with Crippen LogP contribution < -0.4 is 5.32 Å². The molecule has 0 radical (unpaired) electrons. The first kappa shape index (κ1) is 15.3. The van der Waals surface area contributed by atoms with Gasteiger partial charge in [-0.15, -0.1) is 0 Å². The van der Waals surface area contributed by atoms with Crippen molar-refractivity contribution < 1.29 is 18.0 Å². The number of rotatable bonds is 4. The zero-order valence-electron chi connectivity index (χ0n) is 11.2. The quantitative estimate of drug-likeness (QED) is 0.847. The van der Waals surface area contributed by atoms with Gasteiger partial charge in [-0.1, -0.05) is 27.7 Å². The summed E-state index contributed by atoms with van der Waals surface area (Å²) in [6.45, 7) is 6.35. The molecule has 0 aliphatic carbocycles. The minimum atomic E-state index is -4.35. The highest BCUT2D eigenvalue weighted by atomic mass is 19.4. The van der Waals surface area contributed by atoms with E-state index in [2.05, 4.69) is 5.32 Å². The fraction of sp³-hybridized carbons (Fsp3) is 0.917. The molecule has 3 nitrogen and oxygen atoms in total. The Hall–Kier alpha value is -0.780. The summed E-state index contributed by atoms with van der Waals surface area (Å²) in [5.74, 6) is -0.210. The maximum atomic E-state index is 12.5. The van der Waals surface area contributed by atoms with E-state index in [1.54, 1.807) is 0 Å². The van der Waals surface area contributed by atoms with E-state index in [1.807, 2.05) is 27.7 Å². The highest BCUT2D eigenvalue weighted by molar-refractivity contribution is 5.84. The second-order valence-corrected chi connectivity index (χ2v) is 5.62. The molecule has 6 heteroatoms. The van der Waals surface area contributed by atoms with Crippen LogP contribution in [0.3, 0.4) is 0 Å². The normalized spacial score (nSPS) is 25.6. The van der Waals surface area contributed by atoms with Gasteiger partial charge < -0.3 is 4.90 Å². The fourth-order valence-corrected chi connectivity index (χ4v) is 2.27. The summed E-state index contributed by atoms with van der Waals surface area (Å²) in [5, 5.41) is 3.02. The van der Waals surface area contributed by atoms with Gasteiger partial charge in [0.2, 0.25) is 5.91 Å². The number of nitrogens with one attached hydrogen (secondary N) is 1. The van der Waals surface area contributed by atoms with E-state index < -0.39 is 30.8 Å². The van der Waals surface area contributed by atoms with Crippen LogP contribution in [0.1, 0.15) is 34.1 Å². The smallest absolute Gasteiger partial charge is 0.316 e. The highest BCUT2D eigenvalue weighted by Crippen LogP contribution is 2.26. The minimum Gasteiger partial charge on any atom is -0.316 e. The topological polar surface area (TPSA) is 32.3 Å². The Kier molecular flexibility index (Phi) is 4.64. The van der Waals surface area contributed by atoms with Gasteiger partial charge in [-0.25, -0.2) is 0 Å². The van der Waals surface area contributed by atoms with Crippen LogP contribution in [0.5, 0.6) is 0 Å². The van der Waals surface area contributed by atoms with Crippen molar-refractivity contribution in [3.05, 3.63) is 0 Å². The first-order chi connectivity index (χ1) is 8.11. The van der Waals surface area contributed by atoms with Crippen molar-refractivity contribution in [1.29, 1.82) is 0 Å². The van der Waals surface area contributed by atoms with Crippen molar-refractivity contribution in [2.45, 2.75) is 52.5 Å². The second kappa shape index (κ2) is 5.47. The fourth-order valence-electron chi connectivity index (χ4n) is 2.27. The van der Waals surface area contributed by atoms with Gasteiger partial charge in [0.15, 0.2) is 0 Å². The molecule has 1 heterocycles. The third kappa shape index (κ3) is 3.86. The predicted molar refractivity (Wildman–Crippen MR) is 62.8 cm³/mol. The number of halogens is 3. The van der Waals surface area contributed by atoms with E-state index >= 15 is 0 Å². The van der Waals surface area contributed by atoms with Crippen LogP contribution in [0.25, 0.3) is 0 Å². The number of hydrogen-bond acceptors (Lipinski definition) is 2. The number of carbonyl (C=O) groups is 1. The van der Waals surface area contributed by atoms with Crippen molar-refractivity contribution in [1.82, 2.24) is 10.2 Å². The van der Waals surface area contributed by atoms with E-state index in [4.69, 9.17) is 0 Å². The first-order valence-corrected chi connectivity index (χ1v) is 6.25. The van der Waals surface area contributed by atoms with Crippen molar-refractivity contribution in [3.8, 4) is 0 Å². The largest absolute Gasteiger partial charge is 0.406 e. The molecule has 0 aromatic carbocycles. The monoisotopic (exact) mass is 266 g/mol. The van der Waals surface area contributed by atoms with Crippen LogP contribution in [0.2, 0.25) is 0 Å². The molecule has 0 spiro atoms. The van der Waals surface area contributed by atoms with Gasteiger partial charge >= 0.3 is 6.18 Å². The molecule has 2 unspecified atom stereocenters. The van der Waals surface area contributed by atoms with Crippen LogP contribution in [-0.2, 0) is 4.79 Å². The summed E-state index contributed by atoms with van der Waals surface area (Å²) in [5.41, 5.74) is 0. The molecule has 1 aliphatic heterocycles. The molecule has 18 heavy (non-hydrogen) atoms. The van der Waals surface area contributed by atoms with Crippen LogP contribution in [0.4, 0.5) is 13.2 Å². The number of hydrogen-bond donors (Lipinski definition) is 1. The van der Waals surface area contributed by atoms with Gasteiger partial charge in [-0.2, -0.15) is 13.2 Å². The lowest BCUT2D eigenvalue weighted by atomic mass is 10.0. The third-order valence-corrected chi connectivity index (χ3v) is 2.98. The molecule has 1 aliphatic rings. The summed E-state index contributed by atoms with van der Waals surface area (Å²) in [4.78, 5) is 12.9. The summed E-state index contributed by atoms with van der Waals surface area (Å²) >= 11 is 0. The van der Waals surface area contributed by atoms with Crippen molar-refractivity contribution in [2.24, 2.45) is 11.8 Å². The van der Waals surface area contributed by atoms with Crippen molar-refractivity contribution in [3.63, 3.8) is 0 Å². The molecule has 1 fully saturated rings. The van der Waals surface area contributed by atoms with Crippen molar-refractivity contribution >= 4 is 5.91 Å². The zero-order chi connectivity index (χ0) is 14.1. The standard InChI is InChI=1S/C12H21F3N2O/c1-7(2)5-9-11(18)17(6-12(13,14)15)10(16-9)8(3)4/h7-10,16H,5-6H2,1-4H3. The minimum absolute atomic E-state index is 0.0477. The lowest BCUT2D eigenvalue weighted by molar-refractivity contribution is -0.162. The van der Waals surface area contributed by atoms with Gasteiger partial charge in [0.05, 0.1) is 12.2 Å². The average Bonchev–Trinajstić information content (AvgIpc) is 2.43. The van der Waals surface area contributed by atoms with E-state index in [9.17, 15) is 18.0 Å². The SMILES string of the molecule is CC(C)CC1NC(C(C)C)N(CC(F)(F)F)C1=O. The maximum absolute atomic E-state index is 12.5. The molecule has 2 atom stereocenters.